The Morgan fingerprint density at radius 2 is 2.28 bits per heavy atom. The van der Waals surface area contributed by atoms with Gasteiger partial charge in [-0.1, -0.05) is 0 Å². The molecule has 6 nitrogen and oxygen atoms in total. The van der Waals surface area contributed by atoms with Crippen molar-refractivity contribution in [3.63, 3.8) is 0 Å². The highest BCUT2D eigenvalue weighted by molar-refractivity contribution is 7.98. The fourth-order valence-corrected chi connectivity index (χ4v) is 2.24. The van der Waals surface area contributed by atoms with E-state index in [0.717, 1.165) is 16.5 Å². The second-order valence-electron chi connectivity index (χ2n) is 3.69. The first-order chi connectivity index (χ1) is 8.58. The van der Waals surface area contributed by atoms with E-state index in [-0.39, 0.29) is 5.69 Å². The third-order valence-corrected chi connectivity index (χ3v) is 3.49. The van der Waals surface area contributed by atoms with Gasteiger partial charge in [-0.2, -0.15) is 0 Å². The number of aromatic nitrogens is 4. The number of hydrogen-bond acceptors (Lipinski definition) is 5. The molecule has 0 fully saturated rings. The van der Waals surface area contributed by atoms with Crippen LogP contribution in [-0.2, 0) is 12.8 Å². The molecule has 0 saturated heterocycles. The van der Waals surface area contributed by atoms with E-state index >= 15 is 0 Å². The van der Waals surface area contributed by atoms with Gasteiger partial charge in [0.1, 0.15) is 17.3 Å². The van der Waals surface area contributed by atoms with Crippen molar-refractivity contribution < 1.29 is 9.90 Å². The van der Waals surface area contributed by atoms with E-state index in [9.17, 15) is 4.79 Å². The van der Waals surface area contributed by atoms with Gasteiger partial charge in [-0.25, -0.2) is 9.78 Å². The zero-order valence-corrected chi connectivity index (χ0v) is 10.8. The summed E-state index contributed by atoms with van der Waals surface area (Å²) >= 11 is 1.51. The molecule has 2 heterocycles. The van der Waals surface area contributed by atoms with Crippen LogP contribution in [0.15, 0.2) is 23.2 Å². The molecular formula is C11H12N4O2S. The number of hydrogen-bond donors (Lipinski definition) is 1. The van der Waals surface area contributed by atoms with Crippen LogP contribution in [0.5, 0.6) is 0 Å². The summed E-state index contributed by atoms with van der Waals surface area (Å²) in [5.74, 6) is 1.32. The van der Waals surface area contributed by atoms with Gasteiger partial charge in [0.2, 0.25) is 0 Å². The summed E-state index contributed by atoms with van der Waals surface area (Å²) in [5.41, 5.74) is 0.0501. The molecule has 0 aliphatic heterocycles. The van der Waals surface area contributed by atoms with Crippen LogP contribution in [0, 0.1) is 6.92 Å². The average molecular weight is 264 g/mol. The number of thioether (sulfide) groups is 1. The molecule has 18 heavy (non-hydrogen) atoms. The summed E-state index contributed by atoms with van der Waals surface area (Å²) in [7, 11) is 1.90. The van der Waals surface area contributed by atoms with Crippen LogP contribution >= 0.6 is 11.8 Å². The molecule has 2 aromatic heterocycles. The topological polar surface area (TPSA) is 80.9 Å². The number of carbonyl (C=O) groups is 1. The van der Waals surface area contributed by atoms with Crippen molar-refractivity contribution in [2.75, 3.05) is 0 Å². The van der Waals surface area contributed by atoms with Crippen LogP contribution in [0.3, 0.4) is 0 Å². The fourth-order valence-electron chi connectivity index (χ4n) is 1.34. The summed E-state index contributed by atoms with van der Waals surface area (Å²) < 4.78 is 1.91. The highest BCUT2D eigenvalue weighted by Gasteiger charge is 2.08. The number of carboxylic acids is 1. The van der Waals surface area contributed by atoms with Crippen molar-refractivity contribution in [3.05, 3.63) is 35.7 Å². The molecule has 0 aliphatic rings. The Hall–Kier alpha value is -1.89. The number of carboxylic acid groups (broad SMARTS) is 1. The van der Waals surface area contributed by atoms with Crippen LogP contribution in [0.25, 0.3) is 0 Å². The molecule has 0 spiro atoms. The Kier molecular flexibility index (Phi) is 3.61. The van der Waals surface area contributed by atoms with Gasteiger partial charge < -0.3 is 9.67 Å². The molecule has 1 N–H and O–H groups in total. The molecule has 0 bridgehead atoms. The minimum absolute atomic E-state index is 0.0501. The molecule has 7 heteroatoms. The lowest BCUT2D eigenvalue weighted by Gasteiger charge is -2.02. The molecule has 0 aromatic carbocycles. The van der Waals surface area contributed by atoms with Gasteiger partial charge in [-0.15, -0.1) is 22.0 Å². The summed E-state index contributed by atoms with van der Waals surface area (Å²) in [6.07, 6.45) is 1.49. The van der Waals surface area contributed by atoms with E-state index < -0.39 is 5.97 Å². The minimum Gasteiger partial charge on any atom is -0.477 e. The maximum Gasteiger partial charge on any atom is 0.354 e. The van der Waals surface area contributed by atoms with E-state index in [0.29, 0.717) is 5.75 Å². The Balaban J connectivity index is 2.08. The highest BCUT2D eigenvalue weighted by Crippen LogP contribution is 2.22. The zero-order chi connectivity index (χ0) is 13.1. The first kappa shape index (κ1) is 12.6. The predicted octanol–water partition coefficient (Wildman–Crippen LogP) is 1.51. The van der Waals surface area contributed by atoms with Crippen molar-refractivity contribution >= 4 is 17.7 Å². The lowest BCUT2D eigenvalue weighted by atomic mass is 10.3. The first-order valence-corrected chi connectivity index (χ1v) is 6.23. The van der Waals surface area contributed by atoms with E-state index in [1.165, 1.54) is 18.0 Å². The van der Waals surface area contributed by atoms with Crippen molar-refractivity contribution in [2.24, 2.45) is 7.05 Å². The van der Waals surface area contributed by atoms with E-state index in [1.54, 1.807) is 12.1 Å². The highest BCUT2D eigenvalue weighted by atomic mass is 32.2. The Morgan fingerprint density at radius 1 is 1.50 bits per heavy atom. The summed E-state index contributed by atoms with van der Waals surface area (Å²) in [6.45, 7) is 1.89. The normalized spacial score (nSPS) is 10.6. The maximum atomic E-state index is 10.8. The smallest absolute Gasteiger partial charge is 0.354 e. The molecule has 0 saturated carbocycles. The standard InChI is InChI=1S/C11H12N4O2S/c1-7-13-14-10(15(7)2)6-18-8-3-4-12-9(5-8)11(16)17/h3-5H,6H2,1-2H3,(H,16,17). The zero-order valence-electron chi connectivity index (χ0n) is 9.99. The molecule has 0 atom stereocenters. The van der Waals surface area contributed by atoms with Crippen molar-refractivity contribution in [1.29, 1.82) is 0 Å². The third kappa shape index (κ3) is 2.67. The second kappa shape index (κ2) is 5.18. The number of nitrogens with zero attached hydrogens (tertiary/aromatic N) is 4. The van der Waals surface area contributed by atoms with Gasteiger partial charge in [0.15, 0.2) is 0 Å². The number of rotatable bonds is 4. The van der Waals surface area contributed by atoms with Crippen LogP contribution in [0.2, 0.25) is 0 Å². The van der Waals surface area contributed by atoms with Crippen molar-refractivity contribution in [3.8, 4) is 0 Å². The van der Waals surface area contributed by atoms with Gasteiger partial charge in [0.25, 0.3) is 0 Å². The van der Waals surface area contributed by atoms with Gasteiger partial charge >= 0.3 is 5.97 Å². The summed E-state index contributed by atoms with van der Waals surface area (Å²) in [4.78, 5) is 15.4. The predicted molar refractivity (Wildman–Crippen MR) is 66.5 cm³/mol. The molecule has 0 amide bonds. The lowest BCUT2D eigenvalue weighted by Crippen LogP contribution is -2.00. The monoisotopic (exact) mass is 264 g/mol. The van der Waals surface area contributed by atoms with E-state index in [2.05, 4.69) is 15.2 Å². The number of aryl methyl sites for hydroxylation is 1. The van der Waals surface area contributed by atoms with Crippen LogP contribution < -0.4 is 0 Å². The van der Waals surface area contributed by atoms with Gasteiger partial charge in [0.05, 0.1) is 5.75 Å². The maximum absolute atomic E-state index is 10.8. The largest absolute Gasteiger partial charge is 0.477 e. The number of pyridine rings is 1. The molecule has 94 valence electrons. The van der Waals surface area contributed by atoms with Crippen molar-refractivity contribution in [2.45, 2.75) is 17.6 Å². The Morgan fingerprint density at radius 3 is 2.89 bits per heavy atom. The summed E-state index contributed by atoms with van der Waals surface area (Å²) in [6, 6.07) is 3.33. The van der Waals surface area contributed by atoms with E-state index in [4.69, 9.17) is 5.11 Å². The quantitative estimate of drug-likeness (QED) is 0.843. The fraction of sp³-hybridized carbons (Fsp3) is 0.273. The van der Waals surface area contributed by atoms with Crippen LogP contribution in [0.1, 0.15) is 22.1 Å². The SMILES string of the molecule is Cc1nnc(CSc2ccnc(C(=O)O)c2)n1C. The van der Waals surface area contributed by atoms with Crippen molar-refractivity contribution in [1.82, 2.24) is 19.7 Å². The molecule has 2 aromatic rings. The van der Waals surface area contributed by atoms with Crippen LogP contribution in [0.4, 0.5) is 0 Å². The van der Waals surface area contributed by atoms with Crippen LogP contribution in [-0.4, -0.2) is 30.8 Å². The molecular weight excluding hydrogens is 252 g/mol. The molecule has 0 radical (unpaired) electrons. The number of aromatic carboxylic acids is 1. The molecule has 0 unspecified atom stereocenters. The van der Waals surface area contributed by atoms with E-state index in [1.807, 2.05) is 18.5 Å². The second-order valence-corrected chi connectivity index (χ2v) is 4.74. The lowest BCUT2D eigenvalue weighted by molar-refractivity contribution is 0.0690. The molecule has 2 rings (SSSR count). The first-order valence-electron chi connectivity index (χ1n) is 5.25. The molecule has 0 aliphatic carbocycles. The third-order valence-electron chi connectivity index (χ3n) is 2.50. The van der Waals surface area contributed by atoms with Gasteiger partial charge in [-0.3, -0.25) is 0 Å². The summed E-state index contributed by atoms with van der Waals surface area (Å²) in [5, 5.41) is 16.9. The minimum atomic E-state index is -1.02. The van der Waals surface area contributed by atoms with Gasteiger partial charge in [-0.05, 0) is 19.1 Å². The Bertz CT molecular complexity index is 582. The average Bonchev–Trinajstić information content (AvgIpc) is 2.68. The Labute approximate surface area is 108 Å². The van der Waals surface area contributed by atoms with Gasteiger partial charge in [0, 0.05) is 18.1 Å².